The molecule has 2 rings (SSSR count). The van der Waals surface area contributed by atoms with Gasteiger partial charge in [-0.25, -0.2) is 13.2 Å². The molecule has 1 fully saturated rings. The number of carboxylic acid groups (broad SMARTS) is 1. The van der Waals surface area contributed by atoms with Crippen LogP contribution in [0.2, 0.25) is 0 Å². The number of carbonyl (C=O) groups excluding carboxylic acids is 2. The first-order chi connectivity index (χ1) is 11.7. The van der Waals surface area contributed by atoms with E-state index < -0.39 is 38.8 Å². The molecule has 1 aromatic rings. The number of nitrogens with one attached hydrogen (secondary N) is 2. The lowest BCUT2D eigenvalue weighted by Gasteiger charge is -2.22. The van der Waals surface area contributed by atoms with Crippen molar-refractivity contribution in [1.29, 1.82) is 0 Å². The highest BCUT2D eigenvalue weighted by atomic mass is 32.2. The molecule has 11 heteroatoms. The maximum absolute atomic E-state index is 12.6. The molecular formula is C14H19N3O7S. The van der Waals surface area contributed by atoms with E-state index in [-0.39, 0.29) is 25.5 Å². The number of amides is 2. The van der Waals surface area contributed by atoms with Gasteiger partial charge >= 0.3 is 5.97 Å². The van der Waals surface area contributed by atoms with E-state index in [1.165, 1.54) is 6.92 Å². The van der Waals surface area contributed by atoms with Crippen LogP contribution in [0.25, 0.3) is 0 Å². The van der Waals surface area contributed by atoms with Crippen molar-refractivity contribution in [2.24, 2.45) is 0 Å². The topological polar surface area (TPSA) is 146 Å². The Morgan fingerprint density at radius 3 is 2.56 bits per heavy atom. The Hall–Kier alpha value is -2.40. The minimum absolute atomic E-state index is 0.134. The largest absolute Gasteiger partial charge is 0.475 e. The molecule has 1 atom stereocenters. The van der Waals surface area contributed by atoms with Crippen molar-refractivity contribution in [2.45, 2.75) is 30.9 Å². The zero-order valence-corrected chi connectivity index (χ0v) is 14.3. The minimum atomic E-state index is -4.12. The predicted molar refractivity (Wildman–Crippen MR) is 84.3 cm³/mol. The van der Waals surface area contributed by atoms with E-state index in [0.717, 1.165) is 16.4 Å². The summed E-state index contributed by atoms with van der Waals surface area (Å²) in [5.74, 6) is -2.58. The summed E-state index contributed by atoms with van der Waals surface area (Å²) in [6.07, 6.45) is 0.840. The van der Waals surface area contributed by atoms with Crippen LogP contribution in [0, 0.1) is 0 Å². The summed E-state index contributed by atoms with van der Waals surface area (Å²) in [6.45, 7) is 1.89. The summed E-state index contributed by atoms with van der Waals surface area (Å²) in [7, 11) is -4.12. The third kappa shape index (κ3) is 4.37. The number of carbonyl (C=O) groups is 3. The Labute approximate surface area is 144 Å². The number of aromatic carboxylic acids is 1. The second-order valence-corrected chi connectivity index (χ2v) is 7.29. The summed E-state index contributed by atoms with van der Waals surface area (Å²) < 4.78 is 31.1. The molecule has 0 spiro atoms. The van der Waals surface area contributed by atoms with Crippen LogP contribution in [-0.4, -0.2) is 61.3 Å². The maximum atomic E-state index is 12.6. The summed E-state index contributed by atoms with van der Waals surface area (Å²) in [5.41, 5.74) is 0. The van der Waals surface area contributed by atoms with Crippen molar-refractivity contribution in [3.63, 3.8) is 0 Å². The van der Waals surface area contributed by atoms with Gasteiger partial charge in [0.25, 0.3) is 10.0 Å². The van der Waals surface area contributed by atoms with Gasteiger partial charge < -0.3 is 20.2 Å². The first-order valence-electron chi connectivity index (χ1n) is 7.60. The normalized spacial score (nSPS) is 18.0. The molecule has 25 heavy (non-hydrogen) atoms. The second-order valence-electron chi connectivity index (χ2n) is 5.47. The smallest absolute Gasteiger partial charge is 0.371 e. The van der Waals surface area contributed by atoms with Crippen LogP contribution in [-0.2, 0) is 19.6 Å². The van der Waals surface area contributed by atoms with Gasteiger partial charge in [0.2, 0.25) is 22.7 Å². The number of hydrogen-bond acceptors (Lipinski definition) is 6. The Balaban J connectivity index is 2.07. The average molecular weight is 373 g/mol. The van der Waals surface area contributed by atoms with Crippen LogP contribution in [0.5, 0.6) is 0 Å². The molecule has 2 heterocycles. The number of sulfonamides is 1. The highest BCUT2D eigenvalue weighted by molar-refractivity contribution is 7.89. The fourth-order valence-electron chi connectivity index (χ4n) is 2.52. The molecule has 10 nitrogen and oxygen atoms in total. The first-order valence-corrected chi connectivity index (χ1v) is 9.04. The van der Waals surface area contributed by atoms with Gasteiger partial charge in [0.15, 0.2) is 0 Å². The molecule has 2 amide bonds. The fourth-order valence-corrected chi connectivity index (χ4v) is 4.09. The van der Waals surface area contributed by atoms with Gasteiger partial charge in [0.05, 0.1) is 0 Å². The molecule has 1 saturated heterocycles. The van der Waals surface area contributed by atoms with Gasteiger partial charge in [-0.05, 0) is 25.0 Å². The molecule has 3 N–H and O–H groups in total. The predicted octanol–water partition coefficient (Wildman–Crippen LogP) is -0.617. The van der Waals surface area contributed by atoms with E-state index in [1.807, 2.05) is 0 Å². The van der Waals surface area contributed by atoms with Crippen molar-refractivity contribution in [1.82, 2.24) is 14.9 Å². The molecule has 0 aliphatic carbocycles. The van der Waals surface area contributed by atoms with Crippen molar-refractivity contribution >= 4 is 27.8 Å². The van der Waals surface area contributed by atoms with Gasteiger partial charge in [-0.1, -0.05) is 0 Å². The third-order valence-corrected chi connectivity index (χ3v) is 5.44. The summed E-state index contributed by atoms with van der Waals surface area (Å²) >= 11 is 0. The van der Waals surface area contributed by atoms with Crippen molar-refractivity contribution < 1.29 is 32.3 Å². The molecule has 0 radical (unpaired) electrons. The number of hydrogen-bond donors (Lipinski definition) is 3. The molecule has 0 bridgehead atoms. The monoisotopic (exact) mass is 373 g/mol. The number of nitrogens with zero attached hydrogens (tertiary/aromatic N) is 1. The van der Waals surface area contributed by atoms with E-state index in [1.54, 1.807) is 0 Å². The Morgan fingerprint density at radius 2 is 1.96 bits per heavy atom. The zero-order valence-electron chi connectivity index (χ0n) is 13.5. The van der Waals surface area contributed by atoms with Crippen molar-refractivity contribution in [3.05, 3.63) is 17.9 Å². The third-order valence-electron chi connectivity index (χ3n) is 3.66. The lowest BCUT2D eigenvalue weighted by atomic mass is 10.2. The van der Waals surface area contributed by atoms with Gasteiger partial charge in [-0.15, -0.1) is 0 Å². The fraction of sp³-hybridized carbons (Fsp3) is 0.500. The number of rotatable bonds is 7. The molecule has 1 unspecified atom stereocenters. The quantitative estimate of drug-likeness (QED) is 0.540. The summed E-state index contributed by atoms with van der Waals surface area (Å²) in [5, 5.41) is 13.4. The standard InChI is InChI=1S/C14H19N3O7S/c1-9(18)15-6-7-16-13(19)10-3-2-8-17(10)25(22,23)12-5-4-11(24-12)14(20)21/h4-5,10H,2-3,6-8H2,1H3,(H,15,18)(H,16,19)(H,20,21). The van der Waals surface area contributed by atoms with Gasteiger partial charge in [0, 0.05) is 26.6 Å². The molecule has 1 aliphatic heterocycles. The van der Waals surface area contributed by atoms with E-state index >= 15 is 0 Å². The van der Waals surface area contributed by atoms with Gasteiger partial charge in [-0.2, -0.15) is 4.31 Å². The minimum Gasteiger partial charge on any atom is -0.475 e. The van der Waals surface area contributed by atoms with Crippen LogP contribution >= 0.6 is 0 Å². The maximum Gasteiger partial charge on any atom is 0.371 e. The molecular weight excluding hydrogens is 354 g/mol. The SMILES string of the molecule is CC(=O)NCCNC(=O)C1CCCN1S(=O)(=O)c1ccc(C(=O)O)o1. The van der Waals surface area contributed by atoms with Crippen LogP contribution in [0.4, 0.5) is 0 Å². The number of carboxylic acids is 1. The zero-order chi connectivity index (χ0) is 18.6. The molecule has 138 valence electrons. The molecule has 1 aromatic heterocycles. The molecule has 0 aromatic carbocycles. The molecule has 0 saturated carbocycles. The second kappa shape index (κ2) is 7.66. The van der Waals surface area contributed by atoms with E-state index in [4.69, 9.17) is 9.52 Å². The summed E-state index contributed by atoms with van der Waals surface area (Å²) in [6, 6.07) is 1.21. The Morgan fingerprint density at radius 1 is 1.28 bits per heavy atom. The van der Waals surface area contributed by atoms with Crippen LogP contribution < -0.4 is 10.6 Å². The Kier molecular flexibility index (Phi) is 5.80. The van der Waals surface area contributed by atoms with Crippen LogP contribution in [0.15, 0.2) is 21.6 Å². The average Bonchev–Trinajstić information content (AvgIpc) is 3.19. The highest BCUT2D eigenvalue weighted by Gasteiger charge is 2.41. The van der Waals surface area contributed by atoms with Gasteiger partial charge in [0.1, 0.15) is 6.04 Å². The lowest BCUT2D eigenvalue weighted by molar-refractivity contribution is -0.124. The van der Waals surface area contributed by atoms with Crippen molar-refractivity contribution in [2.75, 3.05) is 19.6 Å². The Bertz CT molecular complexity index is 771. The van der Waals surface area contributed by atoms with Crippen molar-refractivity contribution in [3.8, 4) is 0 Å². The first kappa shape index (κ1) is 18.9. The van der Waals surface area contributed by atoms with E-state index in [2.05, 4.69) is 10.6 Å². The highest BCUT2D eigenvalue weighted by Crippen LogP contribution is 2.27. The molecule has 1 aliphatic rings. The summed E-state index contributed by atoms with van der Waals surface area (Å²) in [4.78, 5) is 33.8. The van der Waals surface area contributed by atoms with E-state index in [0.29, 0.717) is 12.8 Å². The van der Waals surface area contributed by atoms with Crippen LogP contribution in [0.3, 0.4) is 0 Å². The van der Waals surface area contributed by atoms with E-state index in [9.17, 15) is 22.8 Å². The van der Waals surface area contributed by atoms with Crippen LogP contribution in [0.1, 0.15) is 30.3 Å². The lowest BCUT2D eigenvalue weighted by Crippen LogP contribution is -2.47. The van der Waals surface area contributed by atoms with Gasteiger partial charge in [-0.3, -0.25) is 9.59 Å². The number of furan rings is 1.